The lowest BCUT2D eigenvalue weighted by Gasteiger charge is -2.18. The Labute approximate surface area is 139 Å². The number of halogens is 2. The predicted octanol–water partition coefficient (Wildman–Crippen LogP) is 3.70. The molecule has 0 atom stereocenters. The van der Waals surface area contributed by atoms with Gasteiger partial charge in [0.05, 0.1) is 5.56 Å². The standard InChI is InChI=1S/C18H18F2N2O2/c1-3-22(4-2)18(24)12-5-8-14(9-6-12)21-17(23)15-11-13(19)7-10-16(15)20/h5-11H,3-4H2,1-2H3,(H,21,23). The fourth-order valence-corrected chi connectivity index (χ4v) is 2.26. The molecule has 0 unspecified atom stereocenters. The van der Waals surface area contributed by atoms with Crippen molar-refractivity contribution in [2.75, 3.05) is 18.4 Å². The van der Waals surface area contributed by atoms with Crippen LogP contribution in [0.25, 0.3) is 0 Å². The molecular formula is C18H18F2N2O2. The Morgan fingerprint density at radius 1 is 1.00 bits per heavy atom. The molecule has 0 saturated carbocycles. The van der Waals surface area contributed by atoms with Crippen LogP contribution in [0.5, 0.6) is 0 Å². The number of nitrogens with zero attached hydrogens (tertiary/aromatic N) is 1. The topological polar surface area (TPSA) is 49.4 Å². The lowest BCUT2D eigenvalue weighted by atomic mass is 10.1. The Kier molecular flexibility index (Phi) is 5.63. The molecule has 0 aliphatic heterocycles. The molecule has 126 valence electrons. The molecule has 0 radical (unpaired) electrons. The van der Waals surface area contributed by atoms with Crippen molar-refractivity contribution in [3.8, 4) is 0 Å². The summed E-state index contributed by atoms with van der Waals surface area (Å²) in [5.41, 5.74) is 0.506. The fourth-order valence-electron chi connectivity index (χ4n) is 2.26. The maximum atomic E-state index is 13.6. The highest BCUT2D eigenvalue weighted by molar-refractivity contribution is 6.04. The highest BCUT2D eigenvalue weighted by Crippen LogP contribution is 2.15. The highest BCUT2D eigenvalue weighted by Gasteiger charge is 2.15. The van der Waals surface area contributed by atoms with E-state index in [0.717, 1.165) is 18.2 Å². The molecule has 0 aromatic heterocycles. The van der Waals surface area contributed by atoms with Gasteiger partial charge in [0.2, 0.25) is 0 Å². The minimum Gasteiger partial charge on any atom is -0.339 e. The van der Waals surface area contributed by atoms with E-state index in [2.05, 4.69) is 5.32 Å². The van der Waals surface area contributed by atoms with Crippen LogP contribution in [-0.2, 0) is 0 Å². The van der Waals surface area contributed by atoms with Crippen molar-refractivity contribution in [1.82, 2.24) is 4.90 Å². The van der Waals surface area contributed by atoms with E-state index in [0.29, 0.717) is 24.3 Å². The molecule has 0 saturated heterocycles. The first-order valence-corrected chi connectivity index (χ1v) is 7.62. The molecule has 1 N–H and O–H groups in total. The third kappa shape index (κ3) is 3.95. The summed E-state index contributed by atoms with van der Waals surface area (Å²) < 4.78 is 26.7. The van der Waals surface area contributed by atoms with Gasteiger partial charge in [-0.3, -0.25) is 9.59 Å². The zero-order valence-electron chi connectivity index (χ0n) is 13.5. The molecule has 0 spiro atoms. The van der Waals surface area contributed by atoms with Gasteiger partial charge in [0.15, 0.2) is 0 Å². The number of benzene rings is 2. The van der Waals surface area contributed by atoms with Crippen LogP contribution < -0.4 is 5.32 Å². The number of hydrogen-bond acceptors (Lipinski definition) is 2. The van der Waals surface area contributed by atoms with E-state index in [1.807, 2.05) is 13.8 Å². The molecule has 2 aromatic carbocycles. The van der Waals surface area contributed by atoms with E-state index in [-0.39, 0.29) is 11.5 Å². The van der Waals surface area contributed by atoms with Gasteiger partial charge in [-0.1, -0.05) is 0 Å². The van der Waals surface area contributed by atoms with Crippen LogP contribution in [-0.4, -0.2) is 29.8 Å². The third-order valence-corrected chi connectivity index (χ3v) is 3.61. The maximum absolute atomic E-state index is 13.6. The molecule has 24 heavy (non-hydrogen) atoms. The Balaban J connectivity index is 2.13. The number of carbonyl (C=O) groups is 2. The van der Waals surface area contributed by atoms with Crippen molar-refractivity contribution in [2.45, 2.75) is 13.8 Å². The van der Waals surface area contributed by atoms with Crippen molar-refractivity contribution in [1.29, 1.82) is 0 Å². The summed E-state index contributed by atoms with van der Waals surface area (Å²) in [5.74, 6) is -2.35. The van der Waals surface area contributed by atoms with Crippen LogP contribution in [0.15, 0.2) is 42.5 Å². The van der Waals surface area contributed by atoms with Gasteiger partial charge in [0.25, 0.3) is 11.8 Å². The summed E-state index contributed by atoms with van der Waals surface area (Å²) >= 11 is 0. The molecule has 0 heterocycles. The Bertz CT molecular complexity index is 741. The van der Waals surface area contributed by atoms with Gasteiger partial charge in [-0.2, -0.15) is 0 Å². The van der Waals surface area contributed by atoms with E-state index in [9.17, 15) is 18.4 Å². The van der Waals surface area contributed by atoms with E-state index < -0.39 is 17.5 Å². The quantitative estimate of drug-likeness (QED) is 0.907. The van der Waals surface area contributed by atoms with Crippen molar-refractivity contribution in [2.24, 2.45) is 0 Å². The number of amides is 2. The maximum Gasteiger partial charge on any atom is 0.258 e. The number of rotatable bonds is 5. The van der Waals surface area contributed by atoms with Gasteiger partial charge in [-0.05, 0) is 56.3 Å². The lowest BCUT2D eigenvalue weighted by molar-refractivity contribution is 0.0773. The van der Waals surface area contributed by atoms with Crippen molar-refractivity contribution >= 4 is 17.5 Å². The zero-order chi connectivity index (χ0) is 17.7. The van der Waals surface area contributed by atoms with E-state index in [4.69, 9.17) is 0 Å². The molecule has 0 aliphatic rings. The second-order valence-electron chi connectivity index (χ2n) is 5.13. The zero-order valence-corrected chi connectivity index (χ0v) is 13.5. The first kappa shape index (κ1) is 17.6. The van der Waals surface area contributed by atoms with Crippen molar-refractivity contribution in [3.05, 3.63) is 65.2 Å². The second kappa shape index (κ2) is 7.68. The molecule has 2 amide bonds. The molecular weight excluding hydrogens is 314 g/mol. The molecule has 0 fully saturated rings. The number of carbonyl (C=O) groups excluding carboxylic acids is 2. The summed E-state index contributed by atoms with van der Waals surface area (Å²) in [6.07, 6.45) is 0. The van der Waals surface area contributed by atoms with E-state index >= 15 is 0 Å². The fraction of sp³-hybridized carbons (Fsp3) is 0.222. The Morgan fingerprint density at radius 2 is 1.62 bits per heavy atom. The summed E-state index contributed by atoms with van der Waals surface area (Å²) in [7, 11) is 0. The van der Waals surface area contributed by atoms with Gasteiger partial charge < -0.3 is 10.2 Å². The largest absolute Gasteiger partial charge is 0.339 e. The van der Waals surface area contributed by atoms with Crippen LogP contribution in [0, 0.1) is 11.6 Å². The van der Waals surface area contributed by atoms with E-state index in [1.165, 1.54) is 0 Å². The highest BCUT2D eigenvalue weighted by atomic mass is 19.1. The molecule has 6 heteroatoms. The second-order valence-corrected chi connectivity index (χ2v) is 5.13. The molecule has 0 aliphatic carbocycles. The van der Waals surface area contributed by atoms with E-state index in [1.54, 1.807) is 29.2 Å². The minimum absolute atomic E-state index is 0.103. The smallest absolute Gasteiger partial charge is 0.258 e. The monoisotopic (exact) mass is 332 g/mol. The molecule has 2 aromatic rings. The van der Waals surface area contributed by atoms with Crippen LogP contribution >= 0.6 is 0 Å². The first-order valence-electron chi connectivity index (χ1n) is 7.62. The van der Waals surface area contributed by atoms with Gasteiger partial charge in [-0.15, -0.1) is 0 Å². The van der Waals surface area contributed by atoms with Crippen LogP contribution in [0.4, 0.5) is 14.5 Å². The van der Waals surface area contributed by atoms with Gasteiger partial charge in [-0.25, -0.2) is 8.78 Å². The average Bonchev–Trinajstić information content (AvgIpc) is 2.58. The molecule has 4 nitrogen and oxygen atoms in total. The Morgan fingerprint density at radius 3 is 2.21 bits per heavy atom. The summed E-state index contributed by atoms with van der Waals surface area (Å²) in [4.78, 5) is 25.9. The summed E-state index contributed by atoms with van der Waals surface area (Å²) in [6, 6.07) is 8.94. The number of hydrogen-bond donors (Lipinski definition) is 1. The van der Waals surface area contributed by atoms with Crippen LogP contribution in [0.2, 0.25) is 0 Å². The van der Waals surface area contributed by atoms with Crippen LogP contribution in [0.1, 0.15) is 34.6 Å². The summed E-state index contributed by atoms with van der Waals surface area (Å²) in [6.45, 7) is 4.99. The molecule has 0 bridgehead atoms. The number of anilines is 1. The van der Waals surface area contributed by atoms with Gasteiger partial charge >= 0.3 is 0 Å². The van der Waals surface area contributed by atoms with Crippen LogP contribution in [0.3, 0.4) is 0 Å². The third-order valence-electron chi connectivity index (χ3n) is 3.61. The SMILES string of the molecule is CCN(CC)C(=O)c1ccc(NC(=O)c2cc(F)ccc2F)cc1. The van der Waals surface area contributed by atoms with Crippen molar-refractivity contribution in [3.63, 3.8) is 0 Å². The lowest BCUT2D eigenvalue weighted by Crippen LogP contribution is -2.30. The van der Waals surface area contributed by atoms with Crippen molar-refractivity contribution < 1.29 is 18.4 Å². The predicted molar refractivity (Wildman–Crippen MR) is 88.0 cm³/mol. The molecule has 2 rings (SSSR count). The minimum atomic E-state index is -0.803. The average molecular weight is 332 g/mol. The first-order chi connectivity index (χ1) is 11.5. The summed E-state index contributed by atoms with van der Waals surface area (Å²) in [5, 5.41) is 2.48. The van der Waals surface area contributed by atoms with Gasteiger partial charge in [0.1, 0.15) is 11.6 Å². The Hall–Kier alpha value is -2.76. The number of nitrogens with one attached hydrogen (secondary N) is 1. The van der Waals surface area contributed by atoms with Gasteiger partial charge in [0, 0.05) is 24.3 Å². The normalized spacial score (nSPS) is 10.3.